The fourth-order valence-electron chi connectivity index (χ4n) is 2.31. The van der Waals surface area contributed by atoms with E-state index in [4.69, 9.17) is 0 Å². The Morgan fingerprint density at radius 1 is 1.43 bits per heavy atom. The summed E-state index contributed by atoms with van der Waals surface area (Å²) in [5.74, 6) is 1.80. The molecule has 1 saturated heterocycles. The lowest BCUT2D eigenvalue weighted by atomic mass is 9.98. The minimum atomic E-state index is 0.282. The highest BCUT2D eigenvalue weighted by molar-refractivity contribution is 5.81. The molecule has 1 unspecified atom stereocenters. The van der Waals surface area contributed by atoms with Crippen LogP contribution in [0.25, 0.3) is 0 Å². The summed E-state index contributed by atoms with van der Waals surface area (Å²) in [6.07, 6.45) is 6.47. The van der Waals surface area contributed by atoms with Crippen LogP contribution in [0.1, 0.15) is 39.0 Å². The molecule has 1 saturated carbocycles. The molecular weight excluding hydrogens is 174 g/mol. The quantitative estimate of drug-likeness (QED) is 0.684. The Balaban J connectivity index is 1.62. The Labute approximate surface area is 86.7 Å². The summed E-state index contributed by atoms with van der Waals surface area (Å²) in [7, 11) is 0. The fourth-order valence-corrected chi connectivity index (χ4v) is 2.31. The van der Waals surface area contributed by atoms with E-state index in [9.17, 15) is 4.79 Å². The van der Waals surface area contributed by atoms with Gasteiger partial charge in [0.2, 0.25) is 0 Å². The largest absolute Gasteiger partial charge is 0.302 e. The van der Waals surface area contributed by atoms with Gasteiger partial charge in [-0.05, 0) is 25.3 Å². The molecule has 2 heteroatoms. The van der Waals surface area contributed by atoms with E-state index in [0.717, 1.165) is 25.4 Å². The van der Waals surface area contributed by atoms with Crippen LogP contribution in [0.3, 0.4) is 0 Å². The van der Waals surface area contributed by atoms with Crippen LogP contribution in [-0.2, 0) is 4.79 Å². The van der Waals surface area contributed by atoms with Gasteiger partial charge in [0.15, 0.2) is 0 Å². The second-order valence-corrected chi connectivity index (χ2v) is 5.00. The maximum atomic E-state index is 11.3. The standard InChI is InChI=1S/C12H21NO/c1-10-9-13(8-6-12(10)14)7-2-3-11-4-5-11/h10-11H,2-9H2,1H3. The summed E-state index contributed by atoms with van der Waals surface area (Å²) in [5, 5.41) is 0. The third kappa shape index (κ3) is 2.81. The molecule has 0 N–H and O–H groups in total. The molecule has 0 amide bonds. The van der Waals surface area contributed by atoms with E-state index in [1.807, 2.05) is 0 Å². The zero-order valence-electron chi connectivity index (χ0n) is 9.17. The lowest BCUT2D eigenvalue weighted by Gasteiger charge is -2.29. The minimum Gasteiger partial charge on any atom is -0.302 e. The average molecular weight is 195 g/mol. The Kier molecular flexibility index (Phi) is 3.22. The first kappa shape index (κ1) is 10.2. The number of carbonyl (C=O) groups is 1. The van der Waals surface area contributed by atoms with E-state index >= 15 is 0 Å². The van der Waals surface area contributed by atoms with Gasteiger partial charge in [0.1, 0.15) is 5.78 Å². The number of hydrogen-bond donors (Lipinski definition) is 0. The van der Waals surface area contributed by atoms with Crippen molar-refractivity contribution >= 4 is 5.78 Å². The van der Waals surface area contributed by atoms with Gasteiger partial charge in [0, 0.05) is 25.4 Å². The lowest BCUT2D eigenvalue weighted by molar-refractivity contribution is -0.125. The van der Waals surface area contributed by atoms with E-state index in [-0.39, 0.29) is 5.92 Å². The topological polar surface area (TPSA) is 20.3 Å². The highest BCUT2D eigenvalue weighted by Gasteiger charge is 2.24. The highest BCUT2D eigenvalue weighted by atomic mass is 16.1. The molecule has 2 nitrogen and oxygen atoms in total. The Bertz CT molecular complexity index is 210. The first-order chi connectivity index (χ1) is 6.75. The van der Waals surface area contributed by atoms with Crippen LogP contribution in [0.5, 0.6) is 0 Å². The van der Waals surface area contributed by atoms with Crippen molar-refractivity contribution in [3.05, 3.63) is 0 Å². The first-order valence-electron chi connectivity index (χ1n) is 6.01. The molecule has 0 radical (unpaired) electrons. The van der Waals surface area contributed by atoms with Gasteiger partial charge >= 0.3 is 0 Å². The number of carbonyl (C=O) groups excluding carboxylic acids is 1. The molecule has 2 fully saturated rings. The highest BCUT2D eigenvalue weighted by Crippen LogP contribution is 2.33. The SMILES string of the molecule is CC1CN(CCCC2CC2)CCC1=O. The van der Waals surface area contributed by atoms with E-state index in [2.05, 4.69) is 11.8 Å². The third-order valence-electron chi connectivity index (χ3n) is 3.54. The average Bonchev–Trinajstić information content (AvgIpc) is 2.95. The minimum absolute atomic E-state index is 0.282. The summed E-state index contributed by atoms with van der Waals surface area (Å²) in [6.45, 7) is 5.29. The monoisotopic (exact) mass is 195 g/mol. The molecule has 0 bridgehead atoms. The van der Waals surface area contributed by atoms with Gasteiger partial charge in [0.25, 0.3) is 0 Å². The fraction of sp³-hybridized carbons (Fsp3) is 0.917. The molecule has 2 rings (SSSR count). The predicted molar refractivity (Wildman–Crippen MR) is 57.2 cm³/mol. The molecule has 0 aromatic rings. The Morgan fingerprint density at radius 2 is 2.21 bits per heavy atom. The van der Waals surface area contributed by atoms with Gasteiger partial charge in [-0.3, -0.25) is 4.79 Å². The zero-order chi connectivity index (χ0) is 9.97. The predicted octanol–water partition coefficient (Wildman–Crippen LogP) is 2.09. The summed E-state index contributed by atoms with van der Waals surface area (Å²) < 4.78 is 0. The van der Waals surface area contributed by atoms with Gasteiger partial charge in [-0.1, -0.05) is 19.8 Å². The number of ketones is 1. The number of nitrogens with zero attached hydrogens (tertiary/aromatic N) is 1. The zero-order valence-corrected chi connectivity index (χ0v) is 9.17. The molecule has 1 heterocycles. The second kappa shape index (κ2) is 4.43. The molecule has 1 aliphatic carbocycles. The normalized spacial score (nSPS) is 29.5. The molecule has 0 aromatic heterocycles. The van der Waals surface area contributed by atoms with Crippen LogP contribution in [0.15, 0.2) is 0 Å². The first-order valence-corrected chi connectivity index (χ1v) is 6.01. The van der Waals surface area contributed by atoms with Crippen molar-refractivity contribution in [1.82, 2.24) is 4.90 Å². The number of rotatable bonds is 4. The van der Waals surface area contributed by atoms with Crippen LogP contribution in [0.2, 0.25) is 0 Å². The van der Waals surface area contributed by atoms with Crippen LogP contribution in [0, 0.1) is 11.8 Å². The summed E-state index contributed by atoms with van der Waals surface area (Å²) >= 11 is 0. The summed E-state index contributed by atoms with van der Waals surface area (Å²) in [6, 6.07) is 0. The van der Waals surface area contributed by atoms with Crippen LogP contribution in [0.4, 0.5) is 0 Å². The van der Waals surface area contributed by atoms with Gasteiger partial charge in [-0.15, -0.1) is 0 Å². The lowest BCUT2D eigenvalue weighted by Crippen LogP contribution is -2.39. The van der Waals surface area contributed by atoms with E-state index in [1.54, 1.807) is 0 Å². The second-order valence-electron chi connectivity index (χ2n) is 5.00. The van der Waals surface area contributed by atoms with Crippen molar-refractivity contribution in [3.63, 3.8) is 0 Å². The van der Waals surface area contributed by atoms with Gasteiger partial charge in [0.05, 0.1) is 0 Å². The molecule has 80 valence electrons. The number of piperidine rings is 1. The van der Waals surface area contributed by atoms with Crippen LogP contribution < -0.4 is 0 Å². The van der Waals surface area contributed by atoms with Gasteiger partial charge < -0.3 is 4.90 Å². The molecule has 0 spiro atoms. The maximum Gasteiger partial charge on any atom is 0.138 e. The molecule has 2 aliphatic rings. The summed E-state index contributed by atoms with van der Waals surface area (Å²) in [4.78, 5) is 13.8. The molecule has 14 heavy (non-hydrogen) atoms. The molecule has 1 atom stereocenters. The number of Topliss-reactive ketones (excluding diaryl/α,β-unsaturated/α-hetero) is 1. The van der Waals surface area contributed by atoms with Gasteiger partial charge in [-0.2, -0.15) is 0 Å². The van der Waals surface area contributed by atoms with Crippen molar-refractivity contribution in [2.45, 2.75) is 39.0 Å². The van der Waals surface area contributed by atoms with Crippen molar-refractivity contribution in [2.24, 2.45) is 11.8 Å². The molecular formula is C12H21NO. The van der Waals surface area contributed by atoms with E-state index < -0.39 is 0 Å². The van der Waals surface area contributed by atoms with E-state index in [0.29, 0.717) is 5.78 Å². The maximum absolute atomic E-state index is 11.3. The number of likely N-dealkylation sites (tertiary alicyclic amines) is 1. The summed E-state index contributed by atoms with van der Waals surface area (Å²) in [5.41, 5.74) is 0. The van der Waals surface area contributed by atoms with Crippen molar-refractivity contribution in [2.75, 3.05) is 19.6 Å². The molecule has 1 aliphatic heterocycles. The Morgan fingerprint density at radius 3 is 2.86 bits per heavy atom. The third-order valence-corrected chi connectivity index (χ3v) is 3.54. The molecule has 0 aromatic carbocycles. The smallest absolute Gasteiger partial charge is 0.138 e. The Hall–Kier alpha value is -0.370. The number of hydrogen-bond acceptors (Lipinski definition) is 2. The van der Waals surface area contributed by atoms with Crippen LogP contribution >= 0.6 is 0 Å². The van der Waals surface area contributed by atoms with Crippen molar-refractivity contribution in [3.8, 4) is 0 Å². The van der Waals surface area contributed by atoms with Crippen LogP contribution in [-0.4, -0.2) is 30.3 Å². The van der Waals surface area contributed by atoms with Gasteiger partial charge in [-0.25, -0.2) is 0 Å². The van der Waals surface area contributed by atoms with E-state index in [1.165, 1.54) is 32.2 Å². The van der Waals surface area contributed by atoms with Crippen molar-refractivity contribution < 1.29 is 4.79 Å². The van der Waals surface area contributed by atoms with Crippen molar-refractivity contribution in [1.29, 1.82) is 0 Å².